The maximum atomic E-state index is 12.6. The third kappa shape index (κ3) is 5.09. The van der Waals surface area contributed by atoms with Gasteiger partial charge in [0.15, 0.2) is 5.82 Å². The third-order valence-electron chi connectivity index (χ3n) is 4.89. The first-order valence-electron chi connectivity index (χ1n) is 10.0. The predicted molar refractivity (Wildman–Crippen MR) is 129 cm³/mol. The zero-order chi connectivity index (χ0) is 23.4. The minimum atomic E-state index is -0.558. The number of thioether (sulfide) groups is 1. The van der Waals surface area contributed by atoms with Crippen molar-refractivity contribution >= 4 is 39.9 Å². The highest BCUT2D eigenvalue weighted by molar-refractivity contribution is 8.00. The fourth-order valence-corrected chi connectivity index (χ4v) is 4.02. The number of methoxy groups -OCH3 is 1. The standard InChI is InChI=1S/C24H20N4O4S/c1-15-7-9-16(10-8-15)23-26-19-6-4-3-5-18(19)24(27-23)33-14-22(29)25-20-12-11-17(32-2)13-21(20)28(30)31/h3-13H,14H2,1-2H3,(H,25,29). The lowest BCUT2D eigenvalue weighted by Gasteiger charge is -2.10. The number of fused-ring (bicyclic) bond motifs is 1. The van der Waals surface area contributed by atoms with Crippen molar-refractivity contribution < 1.29 is 14.5 Å². The average molecular weight is 461 g/mol. The van der Waals surface area contributed by atoms with Crippen LogP contribution in [0.4, 0.5) is 11.4 Å². The molecule has 0 aliphatic rings. The molecule has 0 aliphatic heterocycles. The summed E-state index contributed by atoms with van der Waals surface area (Å²) in [5.41, 5.74) is 2.67. The lowest BCUT2D eigenvalue weighted by atomic mass is 10.1. The number of carbonyl (C=O) groups is 1. The smallest absolute Gasteiger partial charge is 0.296 e. The number of aryl methyl sites for hydroxylation is 1. The van der Waals surface area contributed by atoms with Crippen molar-refractivity contribution in [3.8, 4) is 17.1 Å². The van der Waals surface area contributed by atoms with Crippen molar-refractivity contribution in [3.63, 3.8) is 0 Å². The summed E-state index contributed by atoms with van der Waals surface area (Å²) in [6, 6.07) is 19.8. The van der Waals surface area contributed by atoms with Crippen molar-refractivity contribution in [3.05, 3.63) is 82.4 Å². The van der Waals surface area contributed by atoms with Gasteiger partial charge in [-0.25, -0.2) is 9.97 Å². The maximum absolute atomic E-state index is 12.6. The first-order chi connectivity index (χ1) is 15.9. The van der Waals surface area contributed by atoms with E-state index in [4.69, 9.17) is 9.72 Å². The fraction of sp³-hybridized carbons (Fsp3) is 0.125. The predicted octanol–water partition coefficient (Wildman–Crippen LogP) is 5.25. The Hall–Kier alpha value is -3.98. The minimum Gasteiger partial charge on any atom is -0.496 e. The van der Waals surface area contributed by atoms with E-state index in [2.05, 4.69) is 10.3 Å². The molecule has 33 heavy (non-hydrogen) atoms. The quantitative estimate of drug-likeness (QED) is 0.174. The number of nitro benzene ring substituents is 1. The van der Waals surface area contributed by atoms with E-state index in [0.29, 0.717) is 16.6 Å². The summed E-state index contributed by atoms with van der Waals surface area (Å²) in [4.78, 5) is 32.8. The molecule has 4 rings (SSSR count). The summed E-state index contributed by atoms with van der Waals surface area (Å²) >= 11 is 1.25. The number of anilines is 1. The number of hydrogen-bond acceptors (Lipinski definition) is 7. The lowest BCUT2D eigenvalue weighted by molar-refractivity contribution is -0.384. The molecule has 4 aromatic rings. The second-order valence-corrected chi connectivity index (χ2v) is 8.18. The normalized spacial score (nSPS) is 10.7. The minimum absolute atomic E-state index is 0.0253. The zero-order valence-electron chi connectivity index (χ0n) is 17.9. The zero-order valence-corrected chi connectivity index (χ0v) is 18.8. The molecule has 0 spiro atoms. The number of nitro groups is 1. The van der Waals surface area contributed by atoms with Gasteiger partial charge in [-0.2, -0.15) is 0 Å². The molecule has 0 bridgehead atoms. The molecule has 0 saturated carbocycles. The first-order valence-corrected chi connectivity index (χ1v) is 11.0. The van der Waals surface area contributed by atoms with Crippen LogP contribution in [0.1, 0.15) is 5.56 Å². The molecular weight excluding hydrogens is 440 g/mol. The molecule has 0 radical (unpaired) electrons. The largest absolute Gasteiger partial charge is 0.496 e. The number of ether oxygens (including phenoxy) is 1. The molecular formula is C24H20N4O4S. The van der Waals surface area contributed by atoms with Crippen LogP contribution >= 0.6 is 11.8 Å². The Labute approximate surface area is 194 Å². The average Bonchev–Trinajstić information content (AvgIpc) is 2.83. The first kappa shape index (κ1) is 22.2. The monoisotopic (exact) mass is 460 g/mol. The van der Waals surface area contributed by atoms with E-state index in [1.165, 1.54) is 31.0 Å². The number of nitrogens with zero attached hydrogens (tertiary/aromatic N) is 3. The van der Waals surface area contributed by atoms with E-state index in [1.54, 1.807) is 6.07 Å². The Kier molecular flexibility index (Phi) is 6.50. The Bertz CT molecular complexity index is 1340. The highest BCUT2D eigenvalue weighted by Crippen LogP contribution is 2.31. The van der Waals surface area contributed by atoms with Crippen molar-refractivity contribution in [2.24, 2.45) is 0 Å². The van der Waals surface area contributed by atoms with Gasteiger partial charge in [-0.05, 0) is 25.1 Å². The van der Waals surface area contributed by atoms with E-state index >= 15 is 0 Å². The van der Waals surface area contributed by atoms with Gasteiger partial charge < -0.3 is 10.1 Å². The van der Waals surface area contributed by atoms with Gasteiger partial charge in [0, 0.05) is 10.9 Å². The van der Waals surface area contributed by atoms with E-state index in [9.17, 15) is 14.9 Å². The molecule has 1 N–H and O–H groups in total. The highest BCUT2D eigenvalue weighted by atomic mass is 32.2. The van der Waals surface area contributed by atoms with Crippen LogP contribution in [0.2, 0.25) is 0 Å². The third-order valence-corrected chi connectivity index (χ3v) is 5.88. The molecule has 0 unspecified atom stereocenters. The summed E-state index contributed by atoms with van der Waals surface area (Å²) in [7, 11) is 1.42. The highest BCUT2D eigenvalue weighted by Gasteiger charge is 2.18. The molecule has 9 heteroatoms. The van der Waals surface area contributed by atoms with Crippen LogP contribution in [0.15, 0.2) is 71.8 Å². The Morgan fingerprint density at radius 1 is 1.09 bits per heavy atom. The maximum Gasteiger partial charge on any atom is 0.296 e. The van der Waals surface area contributed by atoms with E-state index in [1.807, 2.05) is 55.5 Å². The topological polar surface area (TPSA) is 107 Å². The van der Waals surface area contributed by atoms with Crippen molar-refractivity contribution in [1.82, 2.24) is 9.97 Å². The number of para-hydroxylation sites is 1. The van der Waals surface area contributed by atoms with Crippen LogP contribution in [-0.2, 0) is 4.79 Å². The van der Waals surface area contributed by atoms with Gasteiger partial charge in [-0.3, -0.25) is 14.9 Å². The van der Waals surface area contributed by atoms with E-state index in [0.717, 1.165) is 22.0 Å². The van der Waals surface area contributed by atoms with Crippen LogP contribution < -0.4 is 10.1 Å². The number of aromatic nitrogens is 2. The number of carbonyl (C=O) groups excluding carboxylic acids is 1. The molecule has 8 nitrogen and oxygen atoms in total. The molecule has 1 amide bonds. The van der Waals surface area contributed by atoms with Crippen LogP contribution in [0, 0.1) is 17.0 Å². The SMILES string of the molecule is COc1ccc(NC(=O)CSc2nc(-c3ccc(C)cc3)nc3ccccc23)c([N+](=O)[O-])c1. The van der Waals surface area contributed by atoms with Crippen LogP contribution in [0.3, 0.4) is 0 Å². The van der Waals surface area contributed by atoms with Crippen molar-refractivity contribution in [2.45, 2.75) is 11.9 Å². The molecule has 166 valence electrons. The van der Waals surface area contributed by atoms with Gasteiger partial charge in [0.2, 0.25) is 5.91 Å². The van der Waals surface area contributed by atoms with Crippen LogP contribution in [-0.4, -0.2) is 33.7 Å². The Balaban J connectivity index is 1.57. The molecule has 0 fully saturated rings. The Morgan fingerprint density at radius 3 is 2.58 bits per heavy atom. The van der Waals surface area contributed by atoms with Crippen LogP contribution in [0.5, 0.6) is 5.75 Å². The van der Waals surface area contributed by atoms with Crippen LogP contribution in [0.25, 0.3) is 22.3 Å². The molecule has 0 saturated heterocycles. The summed E-state index contributed by atoms with van der Waals surface area (Å²) in [5, 5.41) is 15.5. The lowest BCUT2D eigenvalue weighted by Crippen LogP contribution is -2.15. The molecule has 1 aromatic heterocycles. The molecule has 0 aliphatic carbocycles. The fourth-order valence-electron chi connectivity index (χ4n) is 3.20. The van der Waals surface area contributed by atoms with E-state index in [-0.39, 0.29) is 23.0 Å². The van der Waals surface area contributed by atoms with Gasteiger partial charge in [0.05, 0.1) is 29.4 Å². The van der Waals surface area contributed by atoms with E-state index < -0.39 is 4.92 Å². The number of benzene rings is 3. The van der Waals surface area contributed by atoms with Gasteiger partial charge >= 0.3 is 0 Å². The summed E-state index contributed by atoms with van der Waals surface area (Å²) in [6.07, 6.45) is 0. The molecule has 3 aromatic carbocycles. The van der Waals surface area contributed by atoms with Crippen molar-refractivity contribution in [2.75, 3.05) is 18.2 Å². The number of hydrogen-bond donors (Lipinski definition) is 1. The van der Waals surface area contributed by atoms with Gasteiger partial charge in [0.1, 0.15) is 16.5 Å². The van der Waals surface area contributed by atoms with Gasteiger partial charge in [-0.15, -0.1) is 0 Å². The van der Waals surface area contributed by atoms with Crippen molar-refractivity contribution in [1.29, 1.82) is 0 Å². The Morgan fingerprint density at radius 2 is 1.85 bits per heavy atom. The summed E-state index contributed by atoms with van der Waals surface area (Å²) in [6.45, 7) is 2.01. The van der Waals surface area contributed by atoms with Gasteiger partial charge in [-0.1, -0.05) is 59.8 Å². The molecule has 1 heterocycles. The number of nitrogens with one attached hydrogen (secondary N) is 1. The molecule has 0 atom stereocenters. The summed E-state index contributed by atoms with van der Waals surface area (Å²) in [5.74, 6) is 0.553. The second kappa shape index (κ2) is 9.66. The van der Waals surface area contributed by atoms with Gasteiger partial charge in [0.25, 0.3) is 5.69 Å². The summed E-state index contributed by atoms with van der Waals surface area (Å²) < 4.78 is 5.03. The number of amides is 1. The second-order valence-electron chi connectivity index (χ2n) is 7.21. The number of rotatable bonds is 7.